The van der Waals surface area contributed by atoms with Crippen LogP contribution >= 0.6 is 23.2 Å². The van der Waals surface area contributed by atoms with Crippen LogP contribution in [0.4, 0.5) is 4.79 Å². The summed E-state index contributed by atoms with van der Waals surface area (Å²) in [6, 6.07) is 12.3. The van der Waals surface area contributed by atoms with Crippen molar-refractivity contribution in [2.75, 3.05) is 0 Å². The first-order valence-electron chi connectivity index (χ1n) is 9.24. The molecule has 2 rings (SSSR count). The SMILES string of the molecule is CC(C)(C)OC(=O)NC(Cc1ccc(-c2cc(Cl)cc(Cl)c2)cc1)C(O)CC=O. The van der Waals surface area contributed by atoms with E-state index in [1.54, 1.807) is 26.8 Å². The number of hydrogen-bond acceptors (Lipinski definition) is 4. The van der Waals surface area contributed by atoms with Crippen molar-refractivity contribution in [2.24, 2.45) is 0 Å². The Morgan fingerprint density at radius 3 is 2.21 bits per heavy atom. The Labute approximate surface area is 181 Å². The Morgan fingerprint density at radius 1 is 1.10 bits per heavy atom. The van der Waals surface area contributed by atoms with Gasteiger partial charge in [0.1, 0.15) is 11.9 Å². The van der Waals surface area contributed by atoms with Gasteiger partial charge in [-0.25, -0.2) is 4.79 Å². The molecule has 2 aromatic rings. The van der Waals surface area contributed by atoms with Gasteiger partial charge in [-0.15, -0.1) is 0 Å². The Kier molecular flexibility index (Phi) is 8.08. The van der Waals surface area contributed by atoms with Crippen molar-refractivity contribution in [3.8, 4) is 11.1 Å². The fraction of sp³-hybridized carbons (Fsp3) is 0.364. The van der Waals surface area contributed by atoms with E-state index in [1.807, 2.05) is 36.4 Å². The third-order valence-corrected chi connectivity index (χ3v) is 4.55. The van der Waals surface area contributed by atoms with E-state index < -0.39 is 23.8 Å². The monoisotopic (exact) mass is 437 g/mol. The van der Waals surface area contributed by atoms with Crippen LogP contribution in [0.2, 0.25) is 10.0 Å². The largest absolute Gasteiger partial charge is 0.444 e. The molecule has 0 aliphatic heterocycles. The van der Waals surface area contributed by atoms with Gasteiger partial charge in [0.05, 0.1) is 12.1 Å². The lowest BCUT2D eigenvalue weighted by molar-refractivity contribution is -0.109. The number of aliphatic hydroxyl groups is 1. The minimum absolute atomic E-state index is 0.0838. The van der Waals surface area contributed by atoms with Crippen molar-refractivity contribution >= 4 is 35.6 Å². The molecule has 0 aliphatic carbocycles. The molecule has 0 fully saturated rings. The van der Waals surface area contributed by atoms with Crippen LogP contribution in [0.1, 0.15) is 32.8 Å². The molecule has 0 saturated heterocycles. The second kappa shape index (κ2) is 10.1. The van der Waals surface area contributed by atoms with Gasteiger partial charge in [-0.1, -0.05) is 47.5 Å². The summed E-state index contributed by atoms with van der Waals surface area (Å²) < 4.78 is 5.26. The topological polar surface area (TPSA) is 75.6 Å². The van der Waals surface area contributed by atoms with E-state index in [9.17, 15) is 14.7 Å². The number of aldehydes is 1. The van der Waals surface area contributed by atoms with Crippen LogP contribution < -0.4 is 5.32 Å². The van der Waals surface area contributed by atoms with Gasteiger partial charge < -0.3 is 20.0 Å². The van der Waals surface area contributed by atoms with Crippen LogP contribution in [0, 0.1) is 0 Å². The fourth-order valence-corrected chi connectivity index (χ4v) is 3.34. The second-order valence-electron chi connectivity index (χ2n) is 7.78. The quantitative estimate of drug-likeness (QED) is 0.594. The van der Waals surface area contributed by atoms with E-state index in [1.165, 1.54) is 0 Å². The van der Waals surface area contributed by atoms with E-state index in [0.29, 0.717) is 22.8 Å². The molecule has 0 spiro atoms. The molecule has 29 heavy (non-hydrogen) atoms. The molecule has 2 unspecified atom stereocenters. The van der Waals surface area contributed by atoms with Crippen LogP contribution in [0.5, 0.6) is 0 Å². The van der Waals surface area contributed by atoms with Crippen molar-refractivity contribution in [1.29, 1.82) is 0 Å². The lowest BCUT2D eigenvalue weighted by Crippen LogP contribution is -2.46. The number of hydrogen-bond donors (Lipinski definition) is 2. The first-order chi connectivity index (χ1) is 13.6. The van der Waals surface area contributed by atoms with E-state index in [4.69, 9.17) is 27.9 Å². The minimum atomic E-state index is -1.02. The summed E-state index contributed by atoms with van der Waals surface area (Å²) in [6.07, 6.45) is -0.783. The number of aliphatic hydroxyl groups excluding tert-OH is 1. The maximum absolute atomic E-state index is 12.1. The average Bonchev–Trinajstić information content (AvgIpc) is 2.59. The van der Waals surface area contributed by atoms with Crippen LogP contribution in [0.25, 0.3) is 11.1 Å². The molecule has 1 amide bonds. The highest BCUT2D eigenvalue weighted by atomic mass is 35.5. The van der Waals surface area contributed by atoms with E-state index in [2.05, 4.69) is 5.32 Å². The van der Waals surface area contributed by atoms with Crippen LogP contribution in [0.15, 0.2) is 42.5 Å². The smallest absolute Gasteiger partial charge is 0.407 e. The molecule has 5 nitrogen and oxygen atoms in total. The molecule has 0 aliphatic rings. The van der Waals surface area contributed by atoms with Gasteiger partial charge >= 0.3 is 6.09 Å². The highest BCUT2D eigenvalue weighted by molar-refractivity contribution is 6.35. The Balaban J connectivity index is 2.15. The number of amides is 1. The summed E-state index contributed by atoms with van der Waals surface area (Å²) in [4.78, 5) is 22.9. The first kappa shape index (κ1) is 23.2. The zero-order chi connectivity index (χ0) is 21.6. The molecule has 0 radical (unpaired) electrons. The molecule has 2 N–H and O–H groups in total. The van der Waals surface area contributed by atoms with Crippen molar-refractivity contribution in [3.63, 3.8) is 0 Å². The Hall–Kier alpha value is -2.08. The lowest BCUT2D eigenvalue weighted by atomic mass is 9.97. The number of rotatable bonds is 7. The van der Waals surface area contributed by atoms with Crippen molar-refractivity contribution in [3.05, 3.63) is 58.1 Å². The molecule has 7 heteroatoms. The van der Waals surface area contributed by atoms with E-state index >= 15 is 0 Å². The van der Waals surface area contributed by atoms with Crippen molar-refractivity contribution in [1.82, 2.24) is 5.32 Å². The first-order valence-corrected chi connectivity index (χ1v) is 9.99. The van der Waals surface area contributed by atoms with E-state index in [0.717, 1.165) is 16.7 Å². The standard InChI is InChI=1S/C22H25Cl2NO4/c1-22(2,3)29-21(28)25-19(20(27)8-9-26)10-14-4-6-15(7-5-14)16-11-17(23)13-18(24)12-16/h4-7,9,11-13,19-20,27H,8,10H2,1-3H3,(H,25,28). The highest BCUT2D eigenvalue weighted by Crippen LogP contribution is 2.27. The summed E-state index contributed by atoms with van der Waals surface area (Å²) >= 11 is 12.1. The van der Waals surface area contributed by atoms with Gasteiger partial charge in [-0.3, -0.25) is 0 Å². The van der Waals surface area contributed by atoms with Crippen LogP contribution in [0.3, 0.4) is 0 Å². The predicted molar refractivity (Wildman–Crippen MR) is 115 cm³/mol. The molecule has 156 valence electrons. The summed E-state index contributed by atoms with van der Waals surface area (Å²) in [7, 11) is 0. The van der Waals surface area contributed by atoms with Gasteiger partial charge in [-0.2, -0.15) is 0 Å². The second-order valence-corrected chi connectivity index (χ2v) is 8.65. The van der Waals surface area contributed by atoms with Gasteiger partial charge in [0.2, 0.25) is 0 Å². The van der Waals surface area contributed by atoms with Crippen molar-refractivity contribution < 1.29 is 19.4 Å². The zero-order valence-corrected chi connectivity index (χ0v) is 18.1. The fourth-order valence-electron chi connectivity index (χ4n) is 2.81. The number of benzene rings is 2. The number of ether oxygens (including phenoxy) is 1. The molecule has 2 atom stereocenters. The Morgan fingerprint density at radius 2 is 1.69 bits per heavy atom. The maximum atomic E-state index is 12.1. The molecular formula is C22H25Cl2NO4. The van der Waals surface area contributed by atoms with Gasteiger partial charge in [0.15, 0.2) is 0 Å². The van der Waals surface area contributed by atoms with Crippen LogP contribution in [-0.4, -0.2) is 35.2 Å². The molecule has 0 saturated carbocycles. The van der Waals surface area contributed by atoms with Gasteiger partial charge in [0, 0.05) is 16.5 Å². The number of alkyl carbamates (subject to hydrolysis) is 1. The summed E-state index contributed by atoms with van der Waals surface area (Å²) in [5.41, 5.74) is 2.04. The van der Waals surface area contributed by atoms with Gasteiger partial charge in [0.25, 0.3) is 0 Å². The van der Waals surface area contributed by atoms with E-state index in [-0.39, 0.29) is 6.42 Å². The minimum Gasteiger partial charge on any atom is -0.444 e. The zero-order valence-electron chi connectivity index (χ0n) is 16.6. The summed E-state index contributed by atoms with van der Waals surface area (Å²) in [6.45, 7) is 5.26. The third-order valence-electron chi connectivity index (χ3n) is 4.11. The molecule has 0 heterocycles. The molecule has 0 aromatic heterocycles. The number of halogens is 2. The van der Waals surface area contributed by atoms with Crippen LogP contribution in [-0.2, 0) is 16.0 Å². The Bertz CT molecular complexity index is 827. The van der Waals surface area contributed by atoms with Crippen molar-refractivity contribution in [2.45, 2.75) is 51.4 Å². The third kappa shape index (κ3) is 7.69. The molecular weight excluding hydrogens is 413 g/mol. The number of carbonyl (C=O) groups is 2. The number of nitrogens with one attached hydrogen (secondary N) is 1. The highest BCUT2D eigenvalue weighted by Gasteiger charge is 2.24. The number of carbonyl (C=O) groups excluding carboxylic acids is 2. The lowest BCUT2D eigenvalue weighted by Gasteiger charge is -2.26. The molecule has 2 aromatic carbocycles. The normalized spacial score (nSPS) is 13.4. The maximum Gasteiger partial charge on any atom is 0.407 e. The molecule has 0 bridgehead atoms. The average molecular weight is 438 g/mol. The summed E-state index contributed by atoms with van der Waals surface area (Å²) in [5.74, 6) is 0. The summed E-state index contributed by atoms with van der Waals surface area (Å²) in [5, 5.41) is 14.0. The predicted octanol–water partition coefficient (Wildman–Crippen LogP) is 5.05. The van der Waals surface area contributed by atoms with Gasteiger partial charge in [-0.05, 0) is 62.1 Å².